The highest BCUT2D eigenvalue weighted by Gasteiger charge is 2.31. The average molecular weight is 127 g/mol. The molecular formula is C8H17N. The summed E-state index contributed by atoms with van der Waals surface area (Å²) in [6, 6.07) is 0. The molecule has 2 radical (unpaired) electrons. The van der Waals surface area contributed by atoms with Crippen molar-refractivity contribution in [3.8, 4) is 0 Å². The largest absolute Gasteiger partial charge is 0.325 e. The molecule has 0 saturated carbocycles. The smallest absolute Gasteiger partial charge is 0.0177 e. The second kappa shape index (κ2) is 2.30. The van der Waals surface area contributed by atoms with Gasteiger partial charge in [-0.2, -0.15) is 0 Å². The van der Waals surface area contributed by atoms with Crippen LogP contribution >= 0.6 is 0 Å². The Kier molecular flexibility index (Phi) is 2.29. The molecule has 2 N–H and O–H groups in total. The van der Waals surface area contributed by atoms with Gasteiger partial charge in [-0.05, 0) is 25.7 Å². The number of hydrogen-bond donors (Lipinski definition) is 1. The molecule has 0 saturated heterocycles. The molecule has 0 spiro atoms. The third-order valence-corrected chi connectivity index (χ3v) is 2.07. The highest BCUT2D eigenvalue weighted by atomic mass is 14.8. The van der Waals surface area contributed by atoms with Crippen LogP contribution < -0.4 is 5.73 Å². The quantitative estimate of drug-likeness (QED) is 0.601. The van der Waals surface area contributed by atoms with Gasteiger partial charge in [0.05, 0.1) is 0 Å². The Hall–Kier alpha value is -0.0400. The monoisotopic (exact) mass is 127 g/mol. The lowest BCUT2D eigenvalue weighted by Crippen LogP contribution is -2.48. The number of nitrogens with two attached hydrogens (primary N) is 1. The van der Waals surface area contributed by atoms with Crippen molar-refractivity contribution in [3.05, 3.63) is 13.8 Å². The van der Waals surface area contributed by atoms with E-state index < -0.39 is 0 Å². The van der Waals surface area contributed by atoms with Crippen molar-refractivity contribution < 1.29 is 0 Å². The Morgan fingerprint density at radius 3 is 1.67 bits per heavy atom. The minimum absolute atomic E-state index is 0.0885. The highest BCUT2D eigenvalue weighted by molar-refractivity contribution is 4.95. The molecule has 0 amide bonds. The number of rotatable bonds is 2. The summed E-state index contributed by atoms with van der Waals surface area (Å²) in [6.45, 7) is 13.7. The van der Waals surface area contributed by atoms with E-state index in [1.54, 1.807) is 0 Å². The van der Waals surface area contributed by atoms with E-state index >= 15 is 0 Å². The average Bonchev–Trinajstić information content (AvgIpc) is 1.64. The summed E-state index contributed by atoms with van der Waals surface area (Å²) in [5, 5.41) is 0. The van der Waals surface area contributed by atoms with Crippen molar-refractivity contribution in [1.82, 2.24) is 0 Å². The van der Waals surface area contributed by atoms with Gasteiger partial charge in [0.2, 0.25) is 0 Å². The van der Waals surface area contributed by atoms with Gasteiger partial charge in [0.15, 0.2) is 0 Å². The molecule has 0 rings (SSSR count). The van der Waals surface area contributed by atoms with Crippen molar-refractivity contribution in [3.63, 3.8) is 0 Å². The third kappa shape index (κ3) is 1.98. The van der Waals surface area contributed by atoms with Gasteiger partial charge in [0, 0.05) is 5.54 Å². The molecule has 1 atom stereocenters. The first-order chi connectivity index (χ1) is 3.81. The van der Waals surface area contributed by atoms with E-state index in [1.165, 1.54) is 0 Å². The third-order valence-electron chi connectivity index (χ3n) is 2.07. The van der Waals surface area contributed by atoms with Crippen molar-refractivity contribution in [2.75, 3.05) is 0 Å². The van der Waals surface area contributed by atoms with E-state index in [2.05, 4.69) is 13.8 Å². The molecule has 1 unspecified atom stereocenters. The van der Waals surface area contributed by atoms with Gasteiger partial charge >= 0.3 is 0 Å². The van der Waals surface area contributed by atoms with Gasteiger partial charge in [-0.1, -0.05) is 20.8 Å². The Morgan fingerprint density at radius 2 is 1.67 bits per heavy atom. The molecular weight excluding hydrogens is 110 g/mol. The van der Waals surface area contributed by atoms with Gasteiger partial charge in [-0.25, -0.2) is 0 Å². The van der Waals surface area contributed by atoms with Crippen molar-refractivity contribution in [1.29, 1.82) is 0 Å². The molecule has 1 heteroatoms. The standard InChI is InChI=1S/C8H17N/c1-6-8(5,9)7(2,3)4/h1-2,6,9H2,3-5H3. The molecule has 0 bridgehead atoms. The first kappa shape index (κ1) is 8.96. The zero-order valence-corrected chi connectivity index (χ0v) is 6.70. The van der Waals surface area contributed by atoms with Gasteiger partial charge in [0.1, 0.15) is 0 Å². The lowest BCUT2D eigenvalue weighted by molar-refractivity contribution is 0.245. The van der Waals surface area contributed by atoms with Crippen LogP contribution in [0.4, 0.5) is 0 Å². The fraction of sp³-hybridized carbons (Fsp3) is 0.750. The van der Waals surface area contributed by atoms with Crippen LogP contribution in [0.2, 0.25) is 0 Å². The Labute approximate surface area is 58.6 Å². The molecule has 54 valence electrons. The molecule has 0 aromatic rings. The predicted molar refractivity (Wildman–Crippen MR) is 41.7 cm³/mol. The summed E-state index contributed by atoms with van der Waals surface area (Å²) in [7, 11) is 0. The summed E-state index contributed by atoms with van der Waals surface area (Å²) in [5.41, 5.74) is 5.54. The van der Waals surface area contributed by atoms with Crippen molar-refractivity contribution >= 4 is 0 Å². The number of hydrogen-bond acceptors (Lipinski definition) is 1. The SMILES string of the molecule is [CH2]CC(C)(N)C([CH2])(C)C. The molecule has 0 aromatic heterocycles. The lowest BCUT2D eigenvalue weighted by atomic mass is 9.74. The van der Waals surface area contributed by atoms with Crippen LogP contribution in [0.5, 0.6) is 0 Å². The van der Waals surface area contributed by atoms with Crippen LogP contribution in [0.3, 0.4) is 0 Å². The topological polar surface area (TPSA) is 26.0 Å². The maximum absolute atomic E-state index is 5.87. The van der Waals surface area contributed by atoms with E-state index in [-0.39, 0.29) is 11.0 Å². The first-order valence-electron chi connectivity index (χ1n) is 3.25. The normalized spacial score (nSPS) is 19.3. The van der Waals surface area contributed by atoms with E-state index in [9.17, 15) is 0 Å². The van der Waals surface area contributed by atoms with Gasteiger partial charge in [0.25, 0.3) is 0 Å². The van der Waals surface area contributed by atoms with Gasteiger partial charge < -0.3 is 5.73 Å². The Bertz CT molecular complexity index is 87.2. The summed E-state index contributed by atoms with van der Waals surface area (Å²) >= 11 is 0. The zero-order chi connectivity index (χ0) is 7.71. The fourth-order valence-corrected chi connectivity index (χ4v) is 0.338. The maximum Gasteiger partial charge on any atom is 0.0177 e. The van der Waals surface area contributed by atoms with Crippen LogP contribution in [0.25, 0.3) is 0 Å². The van der Waals surface area contributed by atoms with E-state index in [1.807, 2.05) is 20.8 Å². The van der Waals surface area contributed by atoms with E-state index in [0.717, 1.165) is 6.42 Å². The van der Waals surface area contributed by atoms with Crippen molar-refractivity contribution in [2.45, 2.75) is 32.7 Å². The minimum Gasteiger partial charge on any atom is -0.325 e. The fourth-order valence-electron chi connectivity index (χ4n) is 0.338. The van der Waals surface area contributed by atoms with Crippen LogP contribution in [-0.4, -0.2) is 5.54 Å². The Morgan fingerprint density at radius 1 is 1.33 bits per heavy atom. The lowest BCUT2D eigenvalue weighted by Gasteiger charge is -2.37. The summed E-state index contributed by atoms with van der Waals surface area (Å²) < 4.78 is 0. The predicted octanol–water partition coefficient (Wildman–Crippen LogP) is 1.79. The molecule has 0 fully saturated rings. The van der Waals surface area contributed by atoms with Crippen LogP contribution in [0.15, 0.2) is 0 Å². The van der Waals surface area contributed by atoms with Crippen LogP contribution in [0.1, 0.15) is 27.2 Å². The second-order valence-corrected chi connectivity index (χ2v) is 3.55. The second-order valence-electron chi connectivity index (χ2n) is 3.55. The summed E-state index contributed by atoms with van der Waals surface area (Å²) in [6.07, 6.45) is 0.726. The molecule has 1 nitrogen and oxygen atoms in total. The van der Waals surface area contributed by atoms with E-state index in [4.69, 9.17) is 5.73 Å². The molecule has 0 aromatic carbocycles. The van der Waals surface area contributed by atoms with Crippen molar-refractivity contribution in [2.24, 2.45) is 11.1 Å². The molecule has 0 aliphatic heterocycles. The van der Waals surface area contributed by atoms with Gasteiger partial charge in [-0.3, -0.25) is 0 Å². The van der Waals surface area contributed by atoms with Crippen LogP contribution in [-0.2, 0) is 0 Å². The molecule has 0 aliphatic carbocycles. The van der Waals surface area contributed by atoms with Gasteiger partial charge in [-0.15, -0.1) is 0 Å². The van der Waals surface area contributed by atoms with E-state index in [0.29, 0.717) is 0 Å². The molecule has 9 heavy (non-hydrogen) atoms. The molecule has 0 heterocycles. The van der Waals surface area contributed by atoms with Crippen LogP contribution in [0, 0.1) is 19.3 Å². The first-order valence-corrected chi connectivity index (χ1v) is 3.25. The Balaban J connectivity index is 4.14. The molecule has 0 aliphatic rings. The maximum atomic E-state index is 5.87. The summed E-state index contributed by atoms with van der Waals surface area (Å²) in [5.74, 6) is 0. The zero-order valence-electron chi connectivity index (χ0n) is 6.70. The highest BCUT2D eigenvalue weighted by Crippen LogP contribution is 2.29. The minimum atomic E-state index is -0.243. The summed E-state index contributed by atoms with van der Waals surface area (Å²) in [4.78, 5) is 0.